The lowest BCUT2D eigenvalue weighted by Gasteiger charge is -2.14. The van der Waals surface area contributed by atoms with Gasteiger partial charge in [-0.2, -0.15) is 0 Å². The predicted octanol–water partition coefficient (Wildman–Crippen LogP) is -3.03. The van der Waals surface area contributed by atoms with Gasteiger partial charge in [-0.15, -0.1) is 0 Å². The van der Waals surface area contributed by atoms with Crippen molar-refractivity contribution in [2.24, 2.45) is 0 Å². The van der Waals surface area contributed by atoms with Gasteiger partial charge in [-0.25, -0.2) is 0 Å². The van der Waals surface area contributed by atoms with Gasteiger partial charge in [0, 0.05) is 6.42 Å². The maximum atomic E-state index is 10.5. The van der Waals surface area contributed by atoms with Crippen LogP contribution in [0.3, 0.4) is 0 Å². The largest absolute Gasteiger partial charge is 0.394 e. The average Bonchev–Trinajstić information content (AvgIpc) is 2.02. The molecule has 72 valence electrons. The Hall–Kier alpha value is -0.530. The maximum Gasteiger partial charge on any atom is 0.212 e. The third-order valence-corrected chi connectivity index (χ3v) is 1.33. The van der Waals surface area contributed by atoms with Crippen LogP contribution in [0.5, 0.6) is 0 Å². The van der Waals surface area contributed by atoms with Gasteiger partial charge >= 0.3 is 0 Å². The van der Waals surface area contributed by atoms with Crippen LogP contribution in [0.15, 0.2) is 0 Å². The molecule has 0 bridgehead atoms. The van der Waals surface area contributed by atoms with Crippen LogP contribution in [-0.4, -0.2) is 56.4 Å². The minimum absolute atomic E-state index is 0.598. The fraction of sp³-hybridized carbons (Fsp3) is 0.833. The summed E-state index contributed by atoms with van der Waals surface area (Å²) in [6.07, 6.45) is -5.65. The molecule has 0 radical (unpaired) electrons. The molecular formula is C6H12O6. The van der Waals surface area contributed by atoms with Gasteiger partial charge in [0.05, 0.1) is 12.7 Å². The molecule has 12 heavy (non-hydrogen) atoms. The minimum atomic E-state index is -2.15. The van der Waals surface area contributed by atoms with Gasteiger partial charge in [-0.1, -0.05) is 0 Å². The minimum Gasteiger partial charge on any atom is -0.394 e. The van der Waals surface area contributed by atoms with E-state index in [1.54, 1.807) is 0 Å². The predicted molar refractivity (Wildman–Crippen MR) is 36.9 cm³/mol. The topological polar surface area (TPSA) is 118 Å². The Bertz CT molecular complexity index is 145. The molecule has 0 fully saturated rings. The molecule has 0 aliphatic heterocycles. The van der Waals surface area contributed by atoms with Crippen molar-refractivity contribution < 1.29 is 30.3 Å². The van der Waals surface area contributed by atoms with Crippen molar-refractivity contribution in [1.82, 2.24) is 0 Å². The second kappa shape index (κ2) is 5.18. The summed E-state index contributed by atoms with van der Waals surface area (Å²) in [6, 6.07) is 0. The molecule has 0 aromatic carbocycles. The van der Waals surface area contributed by atoms with Crippen LogP contribution >= 0.6 is 0 Å². The number of carbonyl (C=O) groups excluding carboxylic acids is 1. The third kappa shape index (κ3) is 3.74. The molecule has 6 nitrogen and oxygen atoms in total. The molecule has 0 saturated heterocycles. The fourth-order valence-corrected chi connectivity index (χ4v) is 0.569. The molecule has 0 aromatic heterocycles. The molecule has 6 heteroatoms. The Labute approximate surface area is 68.7 Å². The van der Waals surface area contributed by atoms with Crippen molar-refractivity contribution in [3.63, 3.8) is 0 Å². The molecular weight excluding hydrogens is 168 g/mol. The van der Waals surface area contributed by atoms with Crippen LogP contribution in [-0.2, 0) is 4.79 Å². The lowest BCUT2D eigenvalue weighted by atomic mass is 10.1. The zero-order chi connectivity index (χ0) is 9.72. The average molecular weight is 180 g/mol. The van der Waals surface area contributed by atoms with Gasteiger partial charge in [0.1, 0.15) is 6.10 Å². The number of ketones is 1. The summed E-state index contributed by atoms with van der Waals surface area (Å²) in [7, 11) is 0. The lowest BCUT2D eigenvalue weighted by molar-refractivity contribution is -0.149. The third-order valence-electron chi connectivity index (χ3n) is 1.33. The van der Waals surface area contributed by atoms with Crippen molar-refractivity contribution in [2.45, 2.75) is 24.9 Å². The second-order valence-corrected chi connectivity index (χ2v) is 2.36. The highest BCUT2D eigenvalue weighted by molar-refractivity contribution is 5.81. The zero-order valence-corrected chi connectivity index (χ0v) is 6.29. The van der Waals surface area contributed by atoms with Crippen molar-refractivity contribution in [2.75, 3.05) is 6.61 Å². The first kappa shape index (κ1) is 11.5. The summed E-state index contributed by atoms with van der Waals surface area (Å²) >= 11 is 0. The number of Topliss-reactive ketones (excluding diaryl/α,β-unsaturated/α-hetero) is 1. The number of hydrogen-bond donors (Lipinski definition) is 5. The summed E-state index contributed by atoms with van der Waals surface area (Å²) in [4.78, 5) is 10.5. The molecule has 0 saturated carbocycles. The zero-order valence-electron chi connectivity index (χ0n) is 6.29. The van der Waals surface area contributed by atoms with E-state index in [0.717, 1.165) is 0 Å². The van der Waals surface area contributed by atoms with Crippen LogP contribution in [0.25, 0.3) is 0 Å². The number of aliphatic hydroxyl groups is 5. The van der Waals surface area contributed by atoms with E-state index in [9.17, 15) is 4.79 Å². The number of aliphatic hydroxyl groups excluding tert-OH is 4. The molecule has 0 aliphatic carbocycles. The van der Waals surface area contributed by atoms with Crippen LogP contribution in [0, 0.1) is 0 Å². The molecule has 0 rings (SSSR count). The molecule has 0 aromatic rings. The van der Waals surface area contributed by atoms with Gasteiger partial charge in [0.25, 0.3) is 0 Å². The van der Waals surface area contributed by atoms with E-state index in [1.807, 2.05) is 0 Å². The van der Waals surface area contributed by atoms with Crippen molar-refractivity contribution in [3.05, 3.63) is 0 Å². The van der Waals surface area contributed by atoms with Crippen LogP contribution < -0.4 is 0 Å². The van der Waals surface area contributed by atoms with E-state index in [4.69, 9.17) is 25.5 Å². The normalized spacial score (nSPS) is 16.2. The molecule has 2 unspecified atom stereocenters. The van der Waals surface area contributed by atoms with Gasteiger partial charge < -0.3 is 25.5 Å². The van der Waals surface area contributed by atoms with Crippen molar-refractivity contribution in [3.8, 4) is 0 Å². The molecule has 0 spiro atoms. The summed E-state index contributed by atoms with van der Waals surface area (Å²) in [5, 5.41) is 42.5. The molecule has 0 aliphatic rings. The Kier molecular flexibility index (Phi) is 4.95. The van der Waals surface area contributed by atoms with E-state index >= 15 is 0 Å². The van der Waals surface area contributed by atoms with Gasteiger partial charge in [0.2, 0.25) is 6.29 Å². The Balaban J connectivity index is 3.83. The van der Waals surface area contributed by atoms with E-state index < -0.39 is 37.3 Å². The van der Waals surface area contributed by atoms with E-state index in [1.165, 1.54) is 0 Å². The van der Waals surface area contributed by atoms with E-state index in [-0.39, 0.29) is 0 Å². The van der Waals surface area contributed by atoms with Crippen LogP contribution in [0.1, 0.15) is 6.42 Å². The standard InChI is InChI=1S/C6H12O6/c7-2-5(10)3(8)1-4(9)6(11)12/h3,5-8,10-12H,1-2H2. The van der Waals surface area contributed by atoms with Gasteiger partial charge in [-0.3, -0.25) is 4.79 Å². The van der Waals surface area contributed by atoms with Gasteiger partial charge in [-0.05, 0) is 0 Å². The van der Waals surface area contributed by atoms with Gasteiger partial charge in [0.15, 0.2) is 5.78 Å². The summed E-state index contributed by atoms with van der Waals surface area (Å²) < 4.78 is 0. The Morgan fingerprint density at radius 3 is 1.92 bits per heavy atom. The number of hydrogen-bond acceptors (Lipinski definition) is 6. The quantitative estimate of drug-likeness (QED) is 0.287. The van der Waals surface area contributed by atoms with E-state index in [0.29, 0.717) is 0 Å². The molecule has 0 heterocycles. The molecule has 2 atom stereocenters. The summed E-state index contributed by atoms with van der Waals surface area (Å²) in [5.74, 6) is -1.00. The van der Waals surface area contributed by atoms with Crippen molar-refractivity contribution in [1.29, 1.82) is 0 Å². The first-order valence-corrected chi connectivity index (χ1v) is 3.35. The summed E-state index contributed by atoms with van der Waals surface area (Å²) in [6.45, 7) is -0.685. The van der Waals surface area contributed by atoms with Crippen LogP contribution in [0.4, 0.5) is 0 Å². The molecule has 5 N–H and O–H groups in total. The highest BCUT2D eigenvalue weighted by atomic mass is 16.5. The SMILES string of the molecule is O=C(CC(O)C(O)CO)C(O)O. The van der Waals surface area contributed by atoms with Crippen LogP contribution in [0.2, 0.25) is 0 Å². The smallest absolute Gasteiger partial charge is 0.212 e. The highest BCUT2D eigenvalue weighted by Gasteiger charge is 2.21. The van der Waals surface area contributed by atoms with Crippen molar-refractivity contribution >= 4 is 5.78 Å². The Morgan fingerprint density at radius 1 is 1.08 bits per heavy atom. The maximum absolute atomic E-state index is 10.5. The number of rotatable bonds is 5. The first-order valence-electron chi connectivity index (χ1n) is 3.35. The second-order valence-electron chi connectivity index (χ2n) is 2.36. The number of carbonyl (C=O) groups is 1. The first-order chi connectivity index (χ1) is 5.49. The van der Waals surface area contributed by atoms with E-state index in [2.05, 4.69) is 0 Å². The summed E-state index contributed by atoms with van der Waals surface area (Å²) in [5.41, 5.74) is 0. The lowest BCUT2D eigenvalue weighted by Crippen LogP contribution is -2.34. The monoisotopic (exact) mass is 180 g/mol. The Morgan fingerprint density at radius 2 is 1.58 bits per heavy atom. The fourth-order valence-electron chi connectivity index (χ4n) is 0.569. The highest BCUT2D eigenvalue weighted by Crippen LogP contribution is 2.00. The molecule has 0 amide bonds.